The van der Waals surface area contributed by atoms with Crippen LogP contribution in [0, 0.1) is 0 Å². The predicted molar refractivity (Wildman–Crippen MR) is 82.6 cm³/mol. The molecule has 0 saturated carbocycles. The second kappa shape index (κ2) is 5.91. The van der Waals surface area contributed by atoms with Crippen molar-refractivity contribution in [2.75, 3.05) is 39.1 Å². The molecule has 0 bridgehead atoms. The minimum Gasteiger partial charge on any atom is -0.497 e. The van der Waals surface area contributed by atoms with Crippen LogP contribution in [0.1, 0.15) is 6.92 Å². The fourth-order valence-electron chi connectivity index (χ4n) is 2.83. The van der Waals surface area contributed by atoms with Crippen molar-refractivity contribution in [3.05, 3.63) is 18.2 Å². The van der Waals surface area contributed by atoms with Crippen molar-refractivity contribution in [3.63, 3.8) is 0 Å². The predicted octanol–water partition coefficient (Wildman–Crippen LogP) is 1.35. The number of fused-ring (bicyclic) bond motifs is 1. The van der Waals surface area contributed by atoms with Crippen LogP contribution < -0.4 is 10.5 Å². The number of morpholine rings is 1. The first-order valence-corrected chi connectivity index (χ1v) is 7.35. The van der Waals surface area contributed by atoms with Gasteiger partial charge >= 0.3 is 0 Å². The Morgan fingerprint density at radius 3 is 3.10 bits per heavy atom. The molecule has 2 aromatic rings. The van der Waals surface area contributed by atoms with Gasteiger partial charge in [0, 0.05) is 19.2 Å². The quantitative estimate of drug-likeness (QED) is 0.920. The Kier molecular flexibility index (Phi) is 3.98. The van der Waals surface area contributed by atoms with Crippen molar-refractivity contribution in [1.29, 1.82) is 0 Å². The average Bonchev–Trinajstić information content (AvgIpc) is 2.82. The number of anilines is 1. The average molecular weight is 290 g/mol. The van der Waals surface area contributed by atoms with Gasteiger partial charge in [0.1, 0.15) is 5.75 Å². The minimum absolute atomic E-state index is 0.153. The van der Waals surface area contributed by atoms with Gasteiger partial charge in [-0.2, -0.15) is 0 Å². The number of nitrogens with two attached hydrogens (primary N) is 1. The third-order valence-electron chi connectivity index (χ3n) is 4.04. The summed E-state index contributed by atoms with van der Waals surface area (Å²) in [6.07, 6.45) is 0.153. The molecule has 0 aliphatic carbocycles. The van der Waals surface area contributed by atoms with E-state index in [1.165, 1.54) is 0 Å². The summed E-state index contributed by atoms with van der Waals surface area (Å²) >= 11 is 0. The van der Waals surface area contributed by atoms with Gasteiger partial charge in [-0.1, -0.05) is 6.92 Å². The highest BCUT2D eigenvalue weighted by Gasteiger charge is 2.21. The summed E-state index contributed by atoms with van der Waals surface area (Å²) in [4.78, 5) is 6.81. The van der Waals surface area contributed by atoms with Crippen molar-refractivity contribution in [2.45, 2.75) is 19.6 Å². The van der Waals surface area contributed by atoms with Crippen LogP contribution in [0.15, 0.2) is 18.2 Å². The second-order valence-corrected chi connectivity index (χ2v) is 5.32. The standard InChI is InChI=1S/C15H22N4O2/c1-3-18-6-7-21-12(9-18)10-19-14-5-4-11(20-2)8-13(14)17-15(19)16/h4-5,8,12H,3,6-7,9-10H2,1-2H3,(H2,16,17). The van der Waals surface area contributed by atoms with Gasteiger partial charge in [0.05, 0.1) is 37.4 Å². The highest BCUT2D eigenvalue weighted by atomic mass is 16.5. The molecule has 1 aliphatic rings. The zero-order chi connectivity index (χ0) is 14.8. The Bertz CT molecular complexity index is 625. The molecule has 6 heteroatoms. The summed E-state index contributed by atoms with van der Waals surface area (Å²) in [7, 11) is 1.65. The summed E-state index contributed by atoms with van der Waals surface area (Å²) < 4.78 is 13.1. The lowest BCUT2D eigenvalue weighted by Gasteiger charge is -2.32. The van der Waals surface area contributed by atoms with Gasteiger partial charge in [-0.3, -0.25) is 4.90 Å². The Morgan fingerprint density at radius 2 is 2.33 bits per heavy atom. The number of rotatable bonds is 4. The van der Waals surface area contributed by atoms with Crippen LogP contribution in [0.2, 0.25) is 0 Å². The molecule has 114 valence electrons. The topological polar surface area (TPSA) is 65.5 Å². The second-order valence-electron chi connectivity index (χ2n) is 5.32. The highest BCUT2D eigenvalue weighted by Crippen LogP contribution is 2.23. The van der Waals surface area contributed by atoms with E-state index >= 15 is 0 Å². The molecule has 1 fully saturated rings. The zero-order valence-corrected chi connectivity index (χ0v) is 12.6. The maximum atomic E-state index is 6.07. The van der Waals surface area contributed by atoms with E-state index in [4.69, 9.17) is 15.2 Å². The van der Waals surface area contributed by atoms with Crippen LogP contribution in [0.5, 0.6) is 5.75 Å². The van der Waals surface area contributed by atoms with E-state index in [0.29, 0.717) is 5.95 Å². The van der Waals surface area contributed by atoms with Gasteiger partial charge < -0.3 is 19.8 Å². The van der Waals surface area contributed by atoms with Crippen LogP contribution in [0.3, 0.4) is 0 Å². The van der Waals surface area contributed by atoms with Crippen LogP contribution in [0.25, 0.3) is 11.0 Å². The van der Waals surface area contributed by atoms with E-state index < -0.39 is 0 Å². The molecule has 1 unspecified atom stereocenters. The first kappa shape index (κ1) is 14.2. The SMILES string of the molecule is CCN1CCOC(Cn2c(N)nc3cc(OC)ccc32)C1. The summed E-state index contributed by atoms with van der Waals surface area (Å²) in [5.74, 6) is 1.31. The van der Waals surface area contributed by atoms with Crippen LogP contribution in [-0.4, -0.2) is 53.9 Å². The summed E-state index contributed by atoms with van der Waals surface area (Å²) in [5.41, 5.74) is 7.95. The minimum atomic E-state index is 0.153. The maximum Gasteiger partial charge on any atom is 0.201 e. The number of aromatic nitrogens is 2. The van der Waals surface area contributed by atoms with E-state index in [1.807, 2.05) is 22.8 Å². The summed E-state index contributed by atoms with van der Waals surface area (Å²) in [6, 6.07) is 5.83. The van der Waals surface area contributed by atoms with Gasteiger partial charge in [-0.15, -0.1) is 0 Å². The van der Waals surface area contributed by atoms with E-state index in [0.717, 1.165) is 49.6 Å². The van der Waals surface area contributed by atoms with Crippen LogP contribution in [0.4, 0.5) is 5.95 Å². The van der Waals surface area contributed by atoms with Gasteiger partial charge in [0.2, 0.25) is 5.95 Å². The fourth-order valence-corrected chi connectivity index (χ4v) is 2.83. The van der Waals surface area contributed by atoms with Gasteiger partial charge in [0.15, 0.2) is 0 Å². The van der Waals surface area contributed by atoms with E-state index in [1.54, 1.807) is 7.11 Å². The third kappa shape index (κ3) is 2.82. The lowest BCUT2D eigenvalue weighted by atomic mass is 10.2. The molecule has 1 aromatic heterocycles. The monoisotopic (exact) mass is 290 g/mol. The fraction of sp³-hybridized carbons (Fsp3) is 0.533. The summed E-state index contributed by atoms with van der Waals surface area (Å²) in [5, 5.41) is 0. The van der Waals surface area contributed by atoms with Crippen LogP contribution >= 0.6 is 0 Å². The first-order chi connectivity index (χ1) is 10.2. The lowest BCUT2D eigenvalue weighted by Crippen LogP contribution is -2.44. The number of ether oxygens (including phenoxy) is 2. The Hall–Kier alpha value is -1.79. The molecule has 21 heavy (non-hydrogen) atoms. The Morgan fingerprint density at radius 1 is 1.48 bits per heavy atom. The zero-order valence-electron chi connectivity index (χ0n) is 12.6. The lowest BCUT2D eigenvalue weighted by molar-refractivity contribution is -0.0335. The van der Waals surface area contributed by atoms with E-state index in [2.05, 4.69) is 16.8 Å². The molecule has 2 heterocycles. The molecule has 0 spiro atoms. The maximum absolute atomic E-state index is 6.07. The largest absolute Gasteiger partial charge is 0.497 e. The molecule has 1 atom stereocenters. The molecular formula is C15H22N4O2. The number of benzene rings is 1. The Balaban J connectivity index is 1.84. The number of hydrogen-bond donors (Lipinski definition) is 1. The third-order valence-corrected chi connectivity index (χ3v) is 4.04. The van der Waals surface area contributed by atoms with Gasteiger partial charge in [0.25, 0.3) is 0 Å². The van der Waals surface area contributed by atoms with E-state index in [9.17, 15) is 0 Å². The van der Waals surface area contributed by atoms with Crippen LogP contribution in [-0.2, 0) is 11.3 Å². The number of nitrogen functional groups attached to an aromatic ring is 1. The van der Waals surface area contributed by atoms with Crippen molar-refractivity contribution >= 4 is 17.0 Å². The molecule has 1 saturated heterocycles. The normalized spacial score (nSPS) is 20.0. The Labute approximate surface area is 124 Å². The van der Waals surface area contributed by atoms with Gasteiger partial charge in [-0.25, -0.2) is 4.98 Å². The van der Waals surface area contributed by atoms with Crippen molar-refractivity contribution in [3.8, 4) is 5.75 Å². The van der Waals surface area contributed by atoms with Crippen molar-refractivity contribution in [2.24, 2.45) is 0 Å². The van der Waals surface area contributed by atoms with Crippen molar-refractivity contribution in [1.82, 2.24) is 14.5 Å². The highest BCUT2D eigenvalue weighted by molar-refractivity contribution is 5.79. The molecular weight excluding hydrogens is 268 g/mol. The smallest absolute Gasteiger partial charge is 0.201 e. The number of hydrogen-bond acceptors (Lipinski definition) is 5. The van der Waals surface area contributed by atoms with Crippen molar-refractivity contribution < 1.29 is 9.47 Å². The number of nitrogens with zero attached hydrogens (tertiary/aromatic N) is 3. The molecule has 2 N–H and O–H groups in total. The molecule has 0 radical (unpaired) electrons. The molecule has 1 aliphatic heterocycles. The van der Waals surface area contributed by atoms with Gasteiger partial charge in [-0.05, 0) is 18.7 Å². The molecule has 1 aromatic carbocycles. The number of imidazole rings is 1. The molecule has 0 amide bonds. The first-order valence-electron chi connectivity index (χ1n) is 7.35. The van der Waals surface area contributed by atoms with E-state index in [-0.39, 0.29) is 6.10 Å². The summed E-state index contributed by atoms with van der Waals surface area (Å²) in [6.45, 7) is 6.67. The number of methoxy groups -OCH3 is 1. The molecule has 3 rings (SSSR count). The number of likely N-dealkylation sites (N-methyl/N-ethyl adjacent to an activating group) is 1. The molecule has 6 nitrogen and oxygen atoms in total.